The second kappa shape index (κ2) is 6.44. The molecule has 21 heavy (non-hydrogen) atoms. The van der Waals surface area contributed by atoms with Crippen LogP contribution in [0.1, 0.15) is 41.5 Å². The Morgan fingerprint density at radius 1 is 1.52 bits per heavy atom. The van der Waals surface area contributed by atoms with Crippen LogP contribution in [0, 0.1) is 12.8 Å². The third-order valence-electron chi connectivity index (χ3n) is 4.39. The molecule has 2 fully saturated rings. The molecule has 1 unspecified atom stereocenters. The number of hydrogen-bond donors (Lipinski definition) is 1. The molecule has 116 valence electrons. The maximum absolute atomic E-state index is 11.9. The smallest absolute Gasteiger partial charge is 0.339 e. The molecule has 1 atom stereocenters. The summed E-state index contributed by atoms with van der Waals surface area (Å²) in [7, 11) is 0. The van der Waals surface area contributed by atoms with Gasteiger partial charge in [0.1, 0.15) is 0 Å². The van der Waals surface area contributed by atoms with E-state index in [1.165, 1.54) is 24.3 Å². The molecule has 2 heterocycles. The number of esters is 1. The van der Waals surface area contributed by atoms with Crippen LogP contribution in [-0.2, 0) is 11.3 Å². The molecule has 4 nitrogen and oxygen atoms in total. The Kier molecular flexibility index (Phi) is 4.60. The summed E-state index contributed by atoms with van der Waals surface area (Å²) in [5, 5.41) is 0. The number of nitrogens with zero attached hydrogens (tertiary/aromatic N) is 1. The molecule has 3 rings (SSSR count). The lowest BCUT2D eigenvalue weighted by Gasteiger charge is -2.35. The minimum Gasteiger partial charge on any atom is -0.462 e. The standard InChI is InChI=1S/C16H24N2O2S/c1-3-20-16(19)14-8-13(17-11(14)2)9-18-6-7-21-10-15(18)12-4-5-12/h8,12,15,17H,3-7,9-10H2,1-2H3. The highest BCUT2D eigenvalue weighted by Gasteiger charge is 2.36. The number of aryl methyl sites for hydroxylation is 1. The second-order valence-corrected chi connectivity index (χ2v) is 7.15. The molecule has 0 amide bonds. The predicted octanol–water partition coefficient (Wildman–Crippen LogP) is 2.83. The molecule has 2 aliphatic rings. The number of aromatic amines is 1. The SMILES string of the molecule is CCOC(=O)c1cc(CN2CCSCC2C2CC2)[nH]c1C. The summed E-state index contributed by atoms with van der Waals surface area (Å²) in [6, 6.07) is 2.69. The lowest BCUT2D eigenvalue weighted by atomic mass is 10.1. The van der Waals surface area contributed by atoms with Crippen molar-refractivity contribution in [3.8, 4) is 0 Å². The van der Waals surface area contributed by atoms with Gasteiger partial charge in [0, 0.05) is 42.0 Å². The van der Waals surface area contributed by atoms with Gasteiger partial charge in [0.05, 0.1) is 12.2 Å². The molecule has 0 bridgehead atoms. The summed E-state index contributed by atoms with van der Waals surface area (Å²) in [5.74, 6) is 3.16. The van der Waals surface area contributed by atoms with Crippen LogP contribution >= 0.6 is 11.8 Å². The summed E-state index contributed by atoms with van der Waals surface area (Å²) in [6.07, 6.45) is 2.78. The lowest BCUT2D eigenvalue weighted by molar-refractivity contribution is 0.0525. The van der Waals surface area contributed by atoms with E-state index in [1.807, 2.05) is 19.9 Å². The number of carbonyl (C=O) groups is 1. The van der Waals surface area contributed by atoms with E-state index in [4.69, 9.17) is 4.74 Å². The Morgan fingerprint density at radius 2 is 2.33 bits per heavy atom. The van der Waals surface area contributed by atoms with Crippen LogP contribution in [0.5, 0.6) is 0 Å². The van der Waals surface area contributed by atoms with E-state index < -0.39 is 0 Å². The molecule has 1 aliphatic carbocycles. The van der Waals surface area contributed by atoms with Crippen molar-refractivity contribution in [3.63, 3.8) is 0 Å². The van der Waals surface area contributed by atoms with Gasteiger partial charge in [0.2, 0.25) is 0 Å². The molecule has 1 aromatic rings. The van der Waals surface area contributed by atoms with E-state index in [2.05, 4.69) is 21.6 Å². The number of nitrogens with one attached hydrogen (secondary N) is 1. The highest BCUT2D eigenvalue weighted by atomic mass is 32.2. The van der Waals surface area contributed by atoms with Gasteiger partial charge in [-0.05, 0) is 38.7 Å². The molecule has 0 aromatic carbocycles. The zero-order valence-electron chi connectivity index (χ0n) is 12.9. The maximum atomic E-state index is 11.9. The first-order chi connectivity index (χ1) is 10.2. The van der Waals surface area contributed by atoms with Crippen molar-refractivity contribution in [2.45, 2.75) is 39.3 Å². The van der Waals surface area contributed by atoms with Gasteiger partial charge in [0.15, 0.2) is 0 Å². The third-order valence-corrected chi connectivity index (χ3v) is 5.43. The predicted molar refractivity (Wildman–Crippen MR) is 85.7 cm³/mol. The first-order valence-electron chi connectivity index (χ1n) is 7.86. The van der Waals surface area contributed by atoms with Crippen molar-refractivity contribution in [2.24, 2.45) is 5.92 Å². The quantitative estimate of drug-likeness (QED) is 0.850. The summed E-state index contributed by atoms with van der Waals surface area (Å²) < 4.78 is 5.11. The molecule has 1 saturated heterocycles. The zero-order chi connectivity index (χ0) is 14.8. The Labute approximate surface area is 130 Å². The molecule has 1 aliphatic heterocycles. The van der Waals surface area contributed by atoms with Crippen molar-refractivity contribution in [1.82, 2.24) is 9.88 Å². The topological polar surface area (TPSA) is 45.3 Å². The fourth-order valence-electron chi connectivity index (χ4n) is 3.12. The summed E-state index contributed by atoms with van der Waals surface area (Å²) in [6.45, 7) is 6.28. The minimum absolute atomic E-state index is 0.217. The Balaban J connectivity index is 1.69. The van der Waals surface area contributed by atoms with Crippen molar-refractivity contribution in [2.75, 3.05) is 24.7 Å². The fourth-order valence-corrected chi connectivity index (χ4v) is 4.37. The summed E-state index contributed by atoms with van der Waals surface area (Å²) in [4.78, 5) is 17.8. The lowest BCUT2D eigenvalue weighted by Crippen LogP contribution is -2.43. The highest BCUT2D eigenvalue weighted by molar-refractivity contribution is 7.99. The first kappa shape index (κ1) is 15.0. The van der Waals surface area contributed by atoms with Gasteiger partial charge in [0.25, 0.3) is 0 Å². The van der Waals surface area contributed by atoms with Crippen LogP contribution in [0.2, 0.25) is 0 Å². The number of thioether (sulfide) groups is 1. The monoisotopic (exact) mass is 308 g/mol. The van der Waals surface area contributed by atoms with E-state index in [9.17, 15) is 4.79 Å². The Bertz CT molecular complexity index is 510. The highest BCUT2D eigenvalue weighted by Crippen LogP contribution is 2.39. The molecule has 1 N–H and O–H groups in total. The van der Waals surface area contributed by atoms with E-state index in [0.29, 0.717) is 12.2 Å². The van der Waals surface area contributed by atoms with Crippen molar-refractivity contribution in [1.29, 1.82) is 0 Å². The summed E-state index contributed by atoms with van der Waals surface area (Å²) in [5.41, 5.74) is 2.73. The zero-order valence-corrected chi connectivity index (χ0v) is 13.7. The maximum Gasteiger partial charge on any atom is 0.339 e. The largest absolute Gasteiger partial charge is 0.462 e. The molecule has 5 heteroatoms. The Morgan fingerprint density at radius 3 is 3.05 bits per heavy atom. The van der Waals surface area contributed by atoms with Crippen LogP contribution in [0.4, 0.5) is 0 Å². The van der Waals surface area contributed by atoms with Gasteiger partial charge in [-0.1, -0.05) is 0 Å². The van der Waals surface area contributed by atoms with E-state index in [-0.39, 0.29) is 5.97 Å². The van der Waals surface area contributed by atoms with Gasteiger partial charge < -0.3 is 9.72 Å². The summed E-state index contributed by atoms with van der Waals surface area (Å²) >= 11 is 2.08. The minimum atomic E-state index is -0.217. The van der Waals surface area contributed by atoms with Crippen LogP contribution in [0.3, 0.4) is 0 Å². The van der Waals surface area contributed by atoms with E-state index >= 15 is 0 Å². The normalized spacial score (nSPS) is 23.2. The molecular formula is C16H24N2O2S. The van der Waals surface area contributed by atoms with Gasteiger partial charge in [-0.3, -0.25) is 4.90 Å². The number of carbonyl (C=O) groups excluding carboxylic acids is 1. The van der Waals surface area contributed by atoms with Crippen LogP contribution in [0.15, 0.2) is 6.07 Å². The third kappa shape index (κ3) is 3.46. The van der Waals surface area contributed by atoms with Crippen LogP contribution in [-0.4, -0.2) is 46.6 Å². The molecule has 1 aromatic heterocycles. The average molecular weight is 308 g/mol. The van der Waals surface area contributed by atoms with Crippen molar-refractivity contribution >= 4 is 17.7 Å². The molecular weight excluding hydrogens is 284 g/mol. The second-order valence-electron chi connectivity index (χ2n) is 6.00. The van der Waals surface area contributed by atoms with Crippen molar-refractivity contribution < 1.29 is 9.53 Å². The number of ether oxygens (including phenoxy) is 1. The Hall–Kier alpha value is -0.940. The van der Waals surface area contributed by atoms with E-state index in [1.54, 1.807) is 0 Å². The average Bonchev–Trinajstić information content (AvgIpc) is 3.24. The first-order valence-corrected chi connectivity index (χ1v) is 9.02. The van der Waals surface area contributed by atoms with Gasteiger partial charge in [-0.25, -0.2) is 4.79 Å². The number of rotatable bonds is 5. The molecule has 1 saturated carbocycles. The van der Waals surface area contributed by atoms with Gasteiger partial charge in [-0.2, -0.15) is 11.8 Å². The number of H-pyrrole nitrogens is 1. The molecule has 0 radical (unpaired) electrons. The number of hydrogen-bond acceptors (Lipinski definition) is 4. The van der Waals surface area contributed by atoms with E-state index in [0.717, 1.165) is 36.4 Å². The van der Waals surface area contributed by atoms with Gasteiger partial charge in [-0.15, -0.1) is 0 Å². The number of aromatic nitrogens is 1. The fraction of sp³-hybridized carbons (Fsp3) is 0.688. The van der Waals surface area contributed by atoms with Crippen LogP contribution < -0.4 is 0 Å². The van der Waals surface area contributed by atoms with Gasteiger partial charge >= 0.3 is 5.97 Å². The van der Waals surface area contributed by atoms with Crippen molar-refractivity contribution in [3.05, 3.63) is 23.0 Å². The van der Waals surface area contributed by atoms with Crippen LogP contribution in [0.25, 0.3) is 0 Å². The molecule has 0 spiro atoms.